The van der Waals surface area contributed by atoms with Crippen LogP contribution in [0.3, 0.4) is 0 Å². The van der Waals surface area contributed by atoms with E-state index in [1.54, 1.807) is 11.0 Å². The second-order valence-electron chi connectivity index (χ2n) is 8.67. The van der Waals surface area contributed by atoms with Crippen molar-refractivity contribution >= 4 is 23.2 Å². The number of anilines is 1. The van der Waals surface area contributed by atoms with Crippen LogP contribution in [0.5, 0.6) is 0 Å². The Hall–Kier alpha value is -3.38. The zero-order valence-corrected chi connectivity index (χ0v) is 18.1. The Kier molecular flexibility index (Phi) is 4.48. The number of aromatic amines is 1. The van der Waals surface area contributed by atoms with Gasteiger partial charge in [0, 0.05) is 39.0 Å². The number of hydrogen-bond donors (Lipinski definition) is 1. The summed E-state index contributed by atoms with van der Waals surface area (Å²) in [7, 11) is 0. The lowest BCUT2D eigenvalue weighted by Crippen LogP contribution is -2.30. The quantitative estimate of drug-likeness (QED) is 0.446. The van der Waals surface area contributed by atoms with Gasteiger partial charge in [-0.2, -0.15) is 5.10 Å². The van der Waals surface area contributed by atoms with E-state index in [4.69, 9.17) is 16.1 Å². The first-order valence-electron chi connectivity index (χ1n) is 10.0. The van der Waals surface area contributed by atoms with E-state index in [9.17, 15) is 4.79 Å². The average Bonchev–Trinajstić information content (AvgIpc) is 3.46. The molecule has 3 heterocycles. The van der Waals surface area contributed by atoms with Gasteiger partial charge >= 0.3 is 0 Å². The summed E-state index contributed by atoms with van der Waals surface area (Å²) in [4.78, 5) is 15.3. The number of halogens is 1. The zero-order chi connectivity index (χ0) is 21.8. The van der Waals surface area contributed by atoms with Gasteiger partial charge < -0.3 is 4.52 Å². The molecule has 1 atom stereocenters. The monoisotopic (exact) mass is 432 g/mol. The third-order valence-electron chi connectivity index (χ3n) is 5.57. The van der Waals surface area contributed by atoms with Gasteiger partial charge in [-0.3, -0.25) is 14.8 Å². The van der Waals surface area contributed by atoms with E-state index < -0.39 is 0 Å². The number of nitrogens with one attached hydrogen (secondary N) is 1. The van der Waals surface area contributed by atoms with Gasteiger partial charge in [-0.05, 0) is 29.8 Å². The number of carbonyl (C=O) groups excluding carboxylic acids is 1. The molecule has 0 bridgehead atoms. The minimum Gasteiger partial charge on any atom is -0.364 e. The van der Waals surface area contributed by atoms with Crippen LogP contribution in [0.2, 0.25) is 5.02 Å². The fourth-order valence-electron chi connectivity index (χ4n) is 4.09. The summed E-state index contributed by atoms with van der Waals surface area (Å²) in [5, 5.41) is 12.2. The minimum absolute atomic E-state index is 0.129. The summed E-state index contributed by atoms with van der Waals surface area (Å²) >= 11 is 6.14. The third kappa shape index (κ3) is 3.24. The maximum atomic E-state index is 13.5. The van der Waals surface area contributed by atoms with Crippen LogP contribution in [0.1, 0.15) is 54.1 Å². The Morgan fingerprint density at radius 1 is 1.03 bits per heavy atom. The third-order valence-corrected chi connectivity index (χ3v) is 5.82. The highest BCUT2D eigenvalue weighted by Gasteiger charge is 2.44. The van der Waals surface area contributed by atoms with Gasteiger partial charge in [0.1, 0.15) is 12.0 Å². The van der Waals surface area contributed by atoms with E-state index in [2.05, 4.69) is 36.1 Å². The topological polar surface area (TPSA) is 75.0 Å². The smallest absolute Gasteiger partial charge is 0.280 e. The van der Waals surface area contributed by atoms with Crippen LogP contribution in [0, 0.1) is 0 Å². The summed E-state index contributed by atoms with van der Waals surface area (Å²) in [6, 6.07) is 16.9. The molecule has 1 unspecified atom stereocenters. The van der Waals surface area contributed by atoms with E-state index >= 15 is 0 Å². The van der Waals surface area contributed by atoms with Crippen molar-refractivity contribution in [3.8, 4) is 11.3 Å². The molecule has 0 radical (unpaired) electrons. The van der Waals surface area contributed by atoms with E-state index in [1.807, 2.05) is 48.5 Å². The van der Waals surface area contributed by atoms with Crippen LogP contribution in [0.4, 0.5) is 5.69 Å². The second-order valence-corrected chi connectivity index (χ2v) is 9.11. The van der Waals surface area contributed by atoms with Crippen LogP contribution in [0.25, 0.3) is 11.3 Å². The molecule has 0 spiro atoms. The molecule has 1 N–H and O–H groups in total. The molecule has 0 saturated carbocycles. The predicted octanol–water partition coefficient (Wildman–Crippen LogP) is 5.77. The molecule has 2 aromatic carbocycles. The van der Waals surface area contributed by atoms with E-state index in [1.165, 1.54) is 6.26 Å². The molecular weight excluding hydrogens is 412 g/mol. The predicted molar refractivity (Wildman–Crippen MR) is 119 cm³/mol. The Morgan fingerprint density at radius 2 is 1.74 bits per heavy atom. The Morgan fingerprint density at radius 3 is 2.35 bits per heavy atom. The molecule has 5 rings (SSSR count). The van der Waals surface area contributed by atoms with Crippen LogP contribution in [0.15, 0.2) is 65.4 Å². The number of H-pyrrole nitrogens is 1. The minimum atomic E-state index is -0.300. The SMILES string of the molecule is CC(C)(C)c1[nH]nc2c1C(c1ccc(Cl)cc1)N(c1ccc(-c3ccon3)cc1)C2=O. The molecule has 0 fully saturated rings. The molecule has 4 aromatic rings. The second kappa shape index (κ2) is 7.10. The lowest BCUT2D eigenvalue weighted by molar-refractivity contribution is 0.0988. The summed E-state index contributed by atoms with van der Waals surface area (Å²) < 4.78 is 4.94. The Labute approximate surface area is 184 Å². The summed E-state index contributed by atoms with van der Waals surface area (Å²) in [5.74, 6) is -0.129. The van der Waals surface area contributed by atoms with Gasteiger partial charge in [0.15, 0.2) is 5.69 Å². The van der Waals surface area contributed by atoms with Crippen LogP contribution >= 0.6 is 11.6 Å². The summed E-state index contributed by atoms with van der Waals surface area (Å²) in [5.41, 5.74) is 5.57. The maximum absolute atomic E-state index is 13.5. The normalized spacial score (nSPS) is 16.1. The maximum Gasteiger partial charge on any atom is 0.280 e. The number of rotatable bonds is 3. The standard InChI is InChI=1S/C24H21ClN4O2/c1-24(2,3)22-19-20(26-27-22)23(30)29(21(19)15-4-8-16(25)9-5-15)17-10-6-14(7-11-17)18-12-13-31-28-18/h4-13,21H,1-3H3,(H,26,27). The van der Waals surface area contributed by atoms with Gasteiger partial charge in [0.25, 0.3) is 5.91 Å². The first-order valence-corrected chi connectivity index (χ1v) is 10.4. The molecule has 31 heavy (non-hydrogen) atoms. The Bertz CT molecular complexity index is 1240. The number of hydrogen-bond acceptors (Lipinski definition) is 4. The largest absolute Gasteiger partial charge is 0.364 e. The van der Waals surface area contributed by atoms with Crippen LogP contribution in [-0.4, -0.2) is 21.3 Å². The van der Waals surface area contributed by atoms with E-state index in [0.29, 0.717) is 10.7 Å². The molecule has 0 aliphatic carbocycles. The molecule has 6 nitrogen and oxygen atoms in total. The molecule has 2 aromatic heterocycles. The van der Waals surface area contributed by atoms with E-state index in [0.717, 1.165) is 33.8 Å². The van der Waals surface area contributed by atoms with Gasteiger partial charge in [-0.15, -0.1) is 0 Å². The number of benzene rings is 2. The molecule has 156 valence electrons. The highest BCUT2D eigenvalue weighted by atomic mass is 35.5. The fraction of sp³-hybridized carbons (Fsp3) is 0.208. The Balaban J connectivity index is 1.64. The number of aromatic nitrogens is 3. The van der Waals surface area contributed by atoms with Crippen LogP contribution in [-0.2, 0) is 5.41 Å². The average molecular weight is 433 g/mol. The van der Waals surface area contributed by atoms with Crippen LogP contribution < -0.4 is 4.90 Å². The van der Waals surface area contributed by atoms with Crippen molar-refractivity contribution in [2.75, 3.05) is 4.90 Å². The van der Waals surface area contributed by atoms with Crippen molar-refractivity contribution < 1.29 is 9.32 Å². The van der Waals surface area contributed by atoms with Crippen molar-refractivity contribution in [1.82, 2.24) is 15.4 Å². The fourth-order valence-corrected chi connectivity index (χ4v) is 4.22. The molecule has 1 aliphatic heterocycles. The first-order chi connectivity index (χ1) is 14.8. The molecule has 1 aliphatic rings. The van der Waals surface area contributed by atoms with Crippen molar-refractivity contribution in [2.45, 2.75) is 32.2 Å². The lowest BCUT2D eigenvalue weighted by Gasteiger charge is -2.28. The van der Waals surface area contributed by atoms with Gasteiger partial charge in [0.2, 0.25) is 0 Å². The highest BCUT2D eigenvalue weighted by Crippen LogP contribution is 2.45. The highest BCUT2D eigenvalue weighted by molar-refractivity contribution is 6.30. The van der Waals surface area contributed by atoms with Crippen molar-refractivity contribution in [2.24, 2.45) is 0 Å². The number of carbonyl (C=O) groups is 1. The van der Waals surface area contributed by atoms with Gasteiger partial charge in [-0.1, -0.05) is 61.8 Å². The van der Waals surface area contributed by atoms with E-state index in [-0.39, 0.29) is 17.4 Å². The van der Waals surface area contributed by atoms with Crippen molar-refractivity contribution in [1.29, 1.82) is 0 Å². The molecule has 0 saturated heterocycles. The molecule has 7 heteroatoms. The molecule has 1 amide bonds. The van der Waals surface area contributed by atoms with Crippen molar-refractivity contribution in [3.05, 3.63) is 88.4 Å². The van der Waals surface area contributed by atoms with Gasteiger partial charge in [0.05, 0.1) is 6.04 Å². The summed E-state index contributed by atoms with van der Waals surface area (Å²) in [6.45, 7) is 6.33. The summed E-state index contributed by atoms with van der Waals surface area (Å²) in [6.07, 6.45) is 1.54. The zero-order valence-electron chi connectivity index (χ0n) is 17.4. The molecular formula is C24H21ClN4O2. The first kappa shape index (κ1) is 19.6. The number of nitrogens with zero attached hydrogens (tertiary/aromatic N) is 3. The van der Waals surface area contributed by atoms with Crippen molar-refractivity contribution in [3.63, 3.8) is 0 Å². The number of amides is 1. The number of fused-ring (bicyclic) bond motifs is 1. The lowest BCUT2D eigenvalue weighted by atomic mass is 9.85. The van der Waals surface area contributed by atoms with Gasteiger partial charge in [-0.25, -0.2) is 0 Å².